The molecule has 0 aliphatic rings. The van der Waals surface area contributed by atoms with Gasteiger partial charge in [0.1, 0.15) is 5.82 Å². The van der Waals surface area contributed by atoms with Gasteiger partial charge in [-0.15, -0.1) is 0 Å². The molecular weight excluding hydrogens is 313 g/mol. The minimum Gasteiger partial charge on any atom is -0.396 e. The number of hydrogen-bond donors (Lipinski definition) is 3. The van der Waals surface area contributed by atoms with Crippen LogP contribution in [0.4, 0.5) is 4.39 Å². The highest BCUT2D eigenvalue weighted by atomic mass is 32.1. The van der Waals surface area contributed by atoms with Gasteiger partial charge in [0.05, 0.1) is 18.5 Å². The Morgan fingerprint density at radius 2 is 2.09 bits per heavy atom. The van der Waals surface area contributed by atoms with Gasteiger partial charge in [0.15, 0.2) is 0 Å². The van der Waals surface area contributed by atoms with Crippen LogP contribution in [-0.2, 0) is 6.54 Å². The third-order valence-corrected chi connectivity index (χ3v) is 4.48. The number of rotatable bonds is 7. The fraction of sp³-hybridized carbons (Fsp3) is 0.235. The molecule has 0 aliphatic heterocycles. The summed E-state index contributed by atoms with van der Waals surface area (Å²) in [5.74, 6) is -0.329. The Kier molecular flexibility index (Phi) is 5.17. The highest BCUT2D eigenvalue weighted by molar-refractivity contribution is 7.08. The Labute approximate surface area is 138 Å². The molecule has 0 fully saturated rings. The van der Waals surface area contributed by atoms with Gasteiger partial charge in [-0.25, -0.2) is 4.39 Å². The maximum absolute atomic E-state index is 13.0. The highest BCUT2D eigenvalue weighted by Gasteiger charge is 2.12. The second-order valence-corrected chi connectivity index (χ2v) is 6.12. The van der Waals surface area contributed by atoms with Crippen LogP contribution < -0.4 is 5.32 Å². The summed E-state index contributed by atoms with van der Waals surface area (Å²) in [5, 5.41) is 24.1. The lowest BCUT2D eigenvalue weighted by Crippen LogP contribution is -2.23. The van der Waals surface area contributed by atoms with Crippen LogP contribution in [0.2, 0.25) is 0 Å². The van der Waals surface area contributed by atoms with Gasteiger partial charge in [-0.3, -0.25) is 5.10 Å². The minimum atomic E-state index is -0.266. The van der Waals surface area contributed by atoms with E-state index in [4.69, 9.17) is 0 Å². The van der Waals surface area contributed by atoms with Crippen molar-refractivity contribution in [1.82, 2.24) is 15.5 Å². The summed E-state index contributed by atoms with van der Waals surface area (Å²) >= 11 is 1.65. The zero-order valence-electron chi connectivity index (χ0n) is 12.5. The number of nitrogens with zero attached hydrogens (tertiary/aromatic N) is 1. The summed E-state index contributed by atoms with van der Waals surface area (Å²) in [6.45, 7) is 1.27. The average molecular weight is 331 g/mol. The smallest absolute Gasteiger partial charge is 0.123 e. The molecule has 3 aromatic rings. The van der Waals surface area contributed by atoms with Crippen LogP contribution in [0.1, 0.15) is 17.0 Å². The minimum absolute atomic E-state index is 0.0153. The van der Waals surface area contributed by atoms with Crippen molar-refractivity contribution in [2.45, 2.75) is 12.5 Å². The van der Waals surface area contributed by atoms with Crippen molar-refractivity contribution in [3.05, 3.63) is 64.2 Å². The summed E-state index contributed by atoms with van der Waals surface area (Å²) in [7, 11) is 0. The molecule has 2 heterocycles. The van der Waals surface area contributed by atoms with Gasteiger partial charge in [-0.1, -0.05) is 12.1 Å². The van der Waals surface area contributed by atoms with E-state index in [0.29, 0.717) is 13.1 Å². The van der Waals surface area contributed by atoms with Crippen LogP contribution in [0.15, 0.2) is 47.3 Å². The molecule has 1 unspecified atom stereocenters. The molecule has 0 aliphatic carbocycles. The summed E-state index contributed by atoms with van der Waals surface area (Å²) < 4.78 is 13.0. The number of benzene rings is 1. The van der Waals surface area contributed by atoms with Gasteiger partial charge in [-0.2, -0.15) is 16.4 Å². The summed E-state index contributed by atoms with van der Waals surface area (Å²) in [4.78, 5) is 0. The van der Waals surface area contributed by atoms with Crippen molar-refractivity contribution < 1.29 is 9.50 Å². The molecule has 0 spiro atoms. The van der Waals surface area contributed by atoms with Crippen LogP contribution in [0, 0.1) is 5.82 Å². The zero-order chi connectivity index (χ0) is 16.1. The molecule has 3 N–H and O–H groups in total. The molecule has 1 aromatic carbocycles. The lowest BCUT2D eigenvalue weighted by molar-refractivity contribution is 0.261. The van der Waals surface area contributed by atoms with E-state index in [1.807, 2.05) is 11.6 Å². The van der Waals surface area contributed by atoms with Crippen LogP contribution in [0.25, 0.3) is 11.3 Å². The monoisotopic (exact) mass is 331 g/mol. The Balaban J connectivity index is 1.61. The Bertz CT molecular complexity index is 725. The van der Waals surface area contributed by atoms with Crippen molar-refractivity contribution in [1.29, 1.82) is 0 Å². The van der Waals surface area contributed by atoms with Crippen LogP contribution >= 0.6 is 11.3 Å². The third-order valence-electron chi connectivity index (χ3n) is 3.80. The van der Waals surface area contributed by atoms with E-state index in [2.05, 4.69) is 27.0 Å². The molecule has 23 heavy (non-hydrogen) atoms. The lowest BCUT2D eigenvalue weighted by atomic mass is 10.00. The lowest BCUT2D eigenvalue weighted by Gasteiger charge is -2.15. The van der Waals surface area contributed by atoms with Gasteiger partial charge >= 0.3 is 0 Å². The van der Waals surface area contributed by atoms with Gasteiger partial charge in [0.25, 0.3) is 0 Å². The predicted octanol–water partition coefficient (Wildman–Crippen LogP) is 3.14. The van der Waals surface area contributed by atoms with Crippen LogP contribution in [-0.4, -0.2) is 28.5 Å². The van der Waals surface area contributed by atoms with Crippen molar-refractivity contribution in [3.8, 4) is 11.3 Å². The van der Waals surface area contributed by atoms with Crippen molar-refractivity contribution in [2.75, 3.05) is 13.2 Å². The molecule has 0 amide bonds. The first-order valence-corrected chi connectivity index (χ1v) is 8.34. The molecule has 0 bridgehead atoms. The molecule has 0 saturated carbocycles. The predicted molar refractivity (Wildman–Crippen MR) is 89.8 cm³/mol. The molecular formula is C17H18FN3OS. The Morgan fingerprint density at radius 1 is 1.26 bits per heavy atom. The fourth-order valence-electron chi connectivity index (χ4n) is 2.51. The molecule has 6 heteroatoms. The Hall–Kier alpha value is -2.02. The number of aliphatic hydroxyl groups excluding tert-OH is 1. The fourth-order valence-corrected chi connectivity index (χ4v) is 3.15. The molecule has 2 aromatic heterocycles. The zero-order valence-corrected chi connectivity index (χ0v) is 13.3. The number of nitrogens with one attached hydrogen (secondary N) is 2. The van der Waals surface area contributed by atoms with E-state index < -0.39 is 0 Å². The van der Waals surface area contributed by atoms with Crippen molar-refractivity contribution in [2.24, 2.45) is 0 Å². The Morgan fingerprint density at radius 3 is 2.78 bits per heavy atom. The van der Waals surface area contributed by atoms with Crippen molar-refractivity contribution >= 4 is 11.3 Å². The molecule has 0 radical (unpaired) electrons. The normalized spacial score (nSPS) is 12.4. The van der Waals surface area contributed by atoms with E-state index in [1.165, 1.54) is 12.1 Å². The second kappa shape index (κ2) is 7.50. The third kappa shape index (κ3) is 3.85. The summed E-state index contributed by atoms with van der Waals surface area (Å²) in [6.07, 6.45) is 1.81. The molecule has 4 nitrogen and oxygen atoms in total. The van der Waals surface area contributed by atoms with Gasteiger partial charge in [0.2, 0.25) is 0 Å². The number of H-pyrrole nitrogens is 1. The topological polar surface area (TPSA) is 60.9 Å². The largest absolute Gasteiger partial charge is 0.396 e. The van der Waals surface area contributed by atoms with Gasteiger partial charge in [0, 0.05) is 35.5 Å². The number of halogens is 1. The summed E-state index contributed by atoms with van der Waals surface area (Å²) in [6, 6.07) is 8.32. The quantitative estimate of drug-likeness (QED) is 0.623. The number of aromatic nitrogens is 2. The van der Waals surface area contributed by atoms with E-state index >= 15 is 0 Å². The van der Waals surface area contributed by atoms with Crippen LogP contribution in [0.5, 0.6) is 0 Å². The van der Waals surface area contributed by atoms with E-state index in [0.717, 1.165) is 22.4 Å². The second-order valence-electron chi connectivity index (χ2n) is 5.34. The number of thiophene rings is 1. The average Bonchev–Trinajstić information content (AvgIpc) is 3.23. The van der Waals surface area contributed by atoms with E-state index in [-0.39, 0.29) is 18.3 Å². The summed E-state index contributed by atoms with van der Waals surface area (Å²) in [5.41, 5.74) is 4.15. The SMILES string of the molecule is OCC(CNCc1cn[nH]c1-c1ccsc1)c1ccc(F)cc1. The van der Waals surface area contributed by atoms with Gasteiger partial charge < -0.3 is 10.4 Å². The van der Waals surface area contributed by atoms with Gasteiger partial charge in [-0.05, 0) is 29.1 Å². The maximum Gasteiger partial charge on any atom is 0.123 e. The van der Waals surface area contributed by atoms with Crippen LogP contribution in [0.3, 0.4) is 0 Å². The first-order chi connectivity index (χ1) is 11.3. The molecule has 120 valence electrons. The molecule has 1 atom stereocenters. The first-order valence-electron chi connectivity index (χ1n) is 7.39. The molecule has 3 rings (SSSR count). The highest BCUT2D eigenvalue weighted by Crippen LogP contribution is 2.23. The number of aromatic amines is 1. The maximum atomic E-state index is 13.0. The first kappa shape index (κ1) is 15.9. The molecule has 0 saturated heterocycles. The van der Waals surface area contributed by atoms with E-state index in [9.17, 15) is 9.50 Å². The number of hydrogen-bond acceptors (Lipinski definition) is 4. The standard InChI is InChI=1S/C17H18FN3OS/c18-16-3-1-12(2-4-16)15(10-22)8-19-7-14-9-20-21-17(14)13-5-6-23-11-13/h1-6,9,11,15,19,22H,7-8,10H2,(H,20,21). The van der Waals surface area contributed by atoms with E-state index in [1.54, 1.807) is 23.5 Å². The van der Waals surface area contributed by atoms with Crippen molar-refractivity contribution in [3.63, 3.8) is 0 Å². The number of aliphatic hydroxyl groups is 1.